The zero-order valence-corrected chi connectivity index (χ0v) is 7.69. The molecule has 1 rings (SSSR count). The first-order valence-corrected chi connectivity index (χ1v) is 4.47. The van der Waals surface area contributed by atoms with Crippen LogP contribution >= 0.6 is 0 Å². The molecular formula is C10H15N3. The Balaban J connectivity index is 2.39. The van der Waals surface area contributed by atoms with Crippen LogP contribution in [0.5, 0.6) is 0 Å². The number of nitrogens with zero attached hydrogens (tertiary/aromatic N) is 2. The average molecular weight is 177 g/mol. The molecule has 0 saturated heterocycles. The van der Waals surface area contributed by atoms with E-state index in [0.29, 0.717) is 0 Å². The fraction of sp³-hybridized carbons (Fsp3) is 0.400. The molecular weight excluding hydrogens is 162 g/mol. The van der Waals surface area contributed by atoms with Gasteiger partial charge in [-0.25, -0.2) is 9.97 Å². The van der Waals surface area contributed by atoms with Gasteiger partial charge in [-0.1, -0.05) is 6.08 Å². The van der Waals surface area contributed by atoms with E-state index in [1.807, 2.05) is 12.1 Å². The van der Waals surface area contributed by atoms with E-state index in [2.05, 4.69) is 16.5 Å². The molecule has 2 N–H and O–H groups in total. The van der Waals surface area contributed by atoms with Gasteiger partial charge in [0.25, 0.3) is 0 Å². The van der Waals surface area contributed by atoms with Crippen molar-refractivity contribution in [2.45, 2.75) is 25.3 Å². The van der Waals surface area contributed by atoms with Crippen LogP contribution < -0.4 is 5.73 Å². The Kier molecular flexibility index (Phi) is 4.12. The molecule has 0 bridgehead atoms. The van der Waals surface area contributed by atoms with Crippen LogP contribution in [0.2, 0.25) is 0 Å². The van der Waals surface area contributed by atoms with Gasteiger partial charge in [-0.2, -0.15) is 0 Å². The predicted octanol–water partition coefficient (Wildman–Crippen LogP) is 1.83. The Morgan fingerprint density at radius 3 is 3.08 bits per heavy atom. The van der Waals surface area contributed by atoms with Gasteiger partial charge in [0.15, 0.2) is 0 Å². The van der Waals surface area contributed by atoms with E-state index in [4.69, 9.17) is 5.73 Å². The molecule has 13 heavy (non-hydrogen) atoms. The van der Waals surface area contributed by atoms with E-state index in [-0.39, 0.29) is 6.04 Å². The molecule has 0 radical (unpaired) electrons. The highest BCUT2D eigenvalue weighted by Crippen LogP contribution is 2.13. The van der Waals surface area contributed by atoms with E-state index in [0.717, 1.165) is 25.0 Å². The Morgan fingerprint density at radius 1 is 1.62 bits per heavy atom. The van der Waals surface area contributed by atoms with Crippen molar-refractivity contribution in [3.8, 4) is 0 Å². The molecule has 3 heteroatoms. The second-order valence-corrected chi connectivity index (χ2v) is 2.96. The number of aromatic nitrogens is 2. The molecule has 0 aliphatic carbocycles. The average Bonchev–Trinajstić information content (AvgIpc) is 2.19. The summed E-state index contributed by atoms with van der Waals surface area (Å²) in [7, 11) is 0. The highest BCUT2D eigenvalue weighted by atomic mass is 14.8. The molecule has 1 unspecified atom stereocenters. The van der Waals surface area contributed by atoms with Crippen LogP contribution in [0.1, 0.15) is 31.0 Å². The molecule has 1 aromatic heterocycles. The minimum atomic E-state index is 0.0305. The van der Waals surface area contributed by atoms with E-state index in [1.54, 1.807) is 6.20 Å². The van der Waals surface area contributed by atoms with Crippen LogP contribution in [-0.2, 0) is 0 Å². The van der Waals surface area contributed by atoms with E-state index < -0.39 is 0 Å². The number of unbranched alkanes of at least 4 members (excludes halogenated alkanes) is 1. The van der Waals surface area contributed by atoms with Crippen LogP contribution in [-0.4, -0.2) is 9.97 Å². The minimum Gasteiger partial charge on any atom is -0.323 e. The van der Waals surface area contributed by atoms with Crippen molar-refractivity contribution in [2.75, 3.05) is 0 Å². The molecule has 0 aliphatic heterocycles. The van der Waals surface area contributed by atoms with Crippen molar-refractivity contribution in [1.82, 2.24) is 9.97 Å². The quantitative estimate of drug-likeness (QED) is 0.551. The van der Waals surface area contributed by atoms with Crippen LogP contribution in [0.25, 0.3) is 0 Å². The van der Waals surface area contributed by atoms with E-state index >= 15 is 0 Å². The van der Waals surface area contributed by atoms with Gasteiger partial charge in [0.05, 0.1) is 5.69 Å². The third-order valence-electron chi connectivity index (χ3n) is 1.91. The first kappa shape index (κ1) is 9.86. The Labute approximate surface area is 78.7 Å². The molecule has 0 fully saturated rings. The third-order valence-corrected chi connectivity index (χ3v) is 1.91. The fourth-order valence-corrected chi connectivity index (χ4v) is 1.15. The van der Waals surface area contributed by atoms with Crippen molar-refractivity contribution in [1.29, 1.82) is 0 Å². The first-order chi connectivity index (χ1) is 6.34. The summed E-state index contributed by atoms with van der Waals surface area (Å²) < 4.78 is 0. The molecule has 1 aromatic rings. The standard InChI is InChI=1S/C10H15N3/c1-2-3-4-5-9(11)10-6-7-12-8-13-10/h2,6-9H,1,3-5,11H2. The smallest absolute Gasteiger partial charge is 0.115 e. The van der Waals surface area contributed by atoms with Gasteiger partial charge in [0.2, 0.25) is 0 Å². The number of hydrogen-bond donors (Lipinski definition) is 1. The van der Waals surface area contributed by atoms with Crippen LogP contribution in [0.15, 0.2) is 31.2 Å². The first-order valence-electron chi connectivity index (χ1n) is 4.47. The predicted molar refractivity (Wildman–Crippen MR) is 53.0 cm³/mol. The summed E-state index contributed by atoms with van der Waals surface area (Å²) in [6.07, 6.45) is 8.18. The second-order valence-electron chi connectivity index (χ2n) is 2.96. The lowest BCUT2D eigenvalue weighted by atomic mass is 10.1. The number of nitrogens with two attached hydrogens (primary N) is 1. The Hall–Kier alpha value is -1.22. The van der Waals surface area contributed by atoms with Crippen LogP contribution in [0.4, 0.5) is 0 Å². The fourth-order valence-electron chi connectivity index (χ4n) is 1.15. The van der Waals surface area contributed by atoms with Crippen LogP contribution in [0, 0.1) is 0 Å². The summed E-state index contributed by atoms with van der Waals surface area (Å²) in [4.78, 5) is 7.94. The van der Waals surface area contributed by atoms with Gasteiger partial charge in [0.1, 0.15) is 6.33 Å². The van der Waals surface area contributed by atoms with E-state index in [1.165, 1.54) is 6.33 Å². The number of rotatable bonds is 5. The summed E-state index contributed by atoms with van der Waals surface area (Å²) in [6, 6.07) is 1.89. The zero-order chi connectivity index (χ0) is 9.52. The largest absolute Gasteiger partial charge is 0.323 e. The van der Waals surface area contributed by atoms with Crippen molar-refractivity contribution in [3.05, 3.63) is 36.9 Å². The normalized spacial score (nSPS) is 12.4. The maximum Gasteiger partial charge on any atom is 0.115 e. The van der Waals surface area contributed by atoms with Crippen LogP contribution in [0.3, 0.4) is 0 Å². The van der Waals surface area contributed by atoms with Gasteiger partial charge in [0, 0.05) is 12.2 Å². The van der Waals surface area contributed by atoms with Crippen molar-refractivity contribution in [3.63, 3.8) is 0 Å². The molecule has 0 saturated carbocycles. The molecule has 3 nitrogen and oxygen atoms in total. The summed E-state index contributed by atoms with van der Waals surface area (Å²) in [5, 5.41) is 0. The van der Waals surface area contributed by atoms with Gasteiger partial charge < -0.3 is 5.73 Å². The maximum absolute atomic E-state index is 5.91. The Morgan fingerprint density at radius 2 is 2.46 bits per heavy atom. The molecule has 0 aliphatic rings. The highest BCUT2D eigenvalue weighted by Gasteiger charge is 2.05. The molecule has 0 amide bonds. The molecule has 1 atom stereocenters. The number of allylic oxidation sites excluding steroid dienone is 1. The lowest BCUT2D eigenvalue weighted by Gasteiger charge is -2.08. The van der Waals surface area contributed by atoms with Crippen molar-refractivity contribution >= 4 is 0 Å². The van der Waals surface area contributed by atoms with Crippen molar-refractivity contribution in [2.24, 2.45) is 5.73 Å². The molecule has 1 heterocycles. The second kappa shape index (κ2) is 5.43. The summed E-state index contributed by atoms with van der Waals surface area (Å²) in [5.74, 6) is 0. The summed E-state index contributed by atoms with van der Waals surface area (Å²) in [6.45, 7) is 3.66. The minimum absolute atomic E-state index is 0.0305. The summed E-state index contributed by atoms with van der Waals surface area (Å²) >= 11 is 0. The SMILES string of the molecule is C=CCCCC(N)c1ccncn1. The maximum atomic E-state index is 5.91. The molecule has 0 spiro atoms. The van der Waals surface area contributed by atoms with E-state index in [9.17, 15) is 0 Å². The van der Waals surface area contributed by atoms with Gasteiger partial charge in [-0.3, -0.25) is 0 Å². The van der Waals surface area contributed by atoms with Gasteiger partial charge in [-0.15, -0.1) is 6.58 Å². The topological polar surface area (TPSA) is 51.8 Å². The number of hydrogen-bond acceptors (Lipinski definition) is 3. The van der Waals surface area contributed by atoms with Crippen molar-refractivity contribution < 1.29 is 0 Å². The summed E-state index contributed by atoms with van der Waals surface area (Å²) in [5.41, 5.74) is 6.83. The third kappa shape index (κ3) is 3.34. The molecule has 70 valence electrons. The Bertz CT molecular complexity index is 246. The lowest BCUT2D eigenvalue weighted by molar-refractivity contribution is 0.601. The highest BCUT2D eigenvalue weighted by molar-refractivity contribution is 5.03. The van der Waals surface area contributed by atoms with Gasteiger partial charge >= 0.3 is 0 Å². The molecule has 0 aromatic carbocycles. The zero-order valence-electron chi connectivity index (χ0n) is 7.69. The monoisotopic (exact) mass is 177 g/mol. The lowest BCUT2D eigenvalue weighted by Crippen LogP contribution is -2.11. The van der Waals surface area contributed by atoms with Gasteiger partial charge in [-0.05, 0) is 25.3 Å².